The number of fused-ring (bicyclic) bond motifs is 1. The smallest absolute Gasteiger partial charge is 0.127 e. The predicted octanol–water partition coefficient (Wildman–Crippen LogP) is 4.15. The summed E-state index contributed by atoms with van der Waals surface area (Å²) >= 11 is 3.38. The van der Waals surface area contributed by atoms with E-state index in [9.17, 15) is 9.50 Å². The lowest BCUT2D eigenvalue weighted by molar-refractivity contribution is 0.0656. The van der Waals surface area contributed by atoms with Crippen molar-refractivity contribution in [3.8, 4) is 5.75 Å². The minimum atomic E-state index is -0.573. The van der Waals surface area contributed by atoms with E-state index in [1.807, 2.05) is 18.2 Å². The molecular weight excluding hydrogens is 311 g/mol. The molecule has 1 N–H and O–H groups in total. The highest BCUT2D eigenvalue weighted by molar-refractivity contribution is 9.10. The quantitative estimate of drug-likeness (QED) is 0.854. The first-order chi connectivity index (χ1) is 9.13. The highest BCUT2D eigenvalue weighted by atomic mass is 79.9. The second-order valence-corrected chi connectivity index (χ2v) is 5.51. The number of halogens is 2. The number of rotatable bonds is 1. The molecule has 0 saturated carbocycles. The molecule has 1 heterocycles. The Labute approximate surface area is 119 Å². The van der Waals surface area contributed by atoms with Crippen molar-refractivity contribution < 1.29 is 14.2 Å². The van der Waals surface area contributed by atoms with Crippen molar-refractivity contribution in [3.05, 3.63) is 63.9 Å². The number of hydrogen-bond acceptors (Lipinski definition) is 2. The van der Waals surface area contributed by atoms with Crippen LogP contribution < -0.4 is 4.74 Å². The van der Waals surface area contributed by atoms with Gasteiger partial charge in [-0.2, -0.15) is 0 Å². The SMILES string of the molecule is OC1CC(c2ccc(F)cc2)Oc2ccc(Br)cc21. The summed E-state index contributed by atoms with van der Waals surface area (Å²) in [6.45, 7) is 0. The average molecular weight is 323 g/mol. The lowest BCUT2D eigenvalue weighted by Crippen LogP contribution is -2.19. The van der Waals surface area contributed by atoms with E-state index in [4.69, 9.17) is 4.74 Å². The van der Waals surface area contributed by atoms with Crippen molar-refractivity contribution in [1.82, 2.24) is 0 Å². The topological polar surface area (TPSA) is 29.5 Å². The molecule has 4 heteroatoms. The number of aliphatic hydroxyl groups excluding tert-OH is 1. The van der Waals surface area contributed by atoms with Crippen LogP contribution in [0.3, 0.4) is 0 Å². The first kappa shape index (κ1) is 12.6. The molecule has 2 aromatic rings. The van der Waals surface area contributed by atoms with Crippen LogP contribution in [0.4, 0.5) is 4.39 Å². The molecule has 98 valence electrons. The van der Waals surface area contributed by atoms with Gasteiger partial charge < -0.3 is 9.84 Å². The van der Waals surface area contributed by atoms with Gasteiger partial charge in [0.1, 0.15) is 17.7 Å². The molecule has 1 aliphatic heterocycles. The van der Waals surface area contributed by atoms with E-state index in [2.05, 4.69) is 15.9 Å². The van der Waals surface area contributed by atoms with Gasteiger partial charge in [0.25, 0.3) is 0 Å². The molecular formula is C15H12BrFO2. The van der Waals surface area contributed by atoms with Gasteiger partial charge in [-0.3, -0.25) is 0 Å². The third-order valence-corrected chi connectivity index (χ3v) is 3.77. The van der Waals surface area contributed by atoms with Crippen LogP contribution in [0.25, 0.3) is 0 Å². The van der Waals surface area contributed by atoms with E-state index in [1.54, 1.807) is 12.1 Å². The maximum Gasteiger partial charge on any atom is 0.127 e. The highest BCUT2D eigenvalue weighted by Crippen LogP contribution is 2.41. The van der Waals surface area contributed by atoms with Gasteiger partial charge in [-0.1, -0.05) is 28.1 Å². The molecule has 0 fully saturated rings. The highest BCUT2D eigenvalue weighted by Gasteiger charge is 2.28. The third-order valence-electron chi connectivity index (χ3n) is 3.28. The summed E-state index contributed by atoms with van der Waals surface area (Å²) in [4.78, 5) is 0. The number of hydrogen-bond donors (Lipinski definition) is 1. The van der Waals surface area contributed by atoms with Gasteiger partial charge in [0, 0.05) is 16.5 Å². The molecule has 19 heavy (non-hydrogen) atoms. The van der Waals surface area contributed by atoms with Gasteiger partial charge >= 0.3 is 0 Å². The Bertz CT molecular complexity index is 598. The molecule has 0 bridgehead atoms. The Balaban J connectivity index is 1.92. The third kappa shape index (κ3) is 2.51. The van der Waals surface area contributed by atoms with Gasteiger partial charge in [-0.25, -0.2) is 4.39 Å². The molecule has 2 atom stereocenters. The van der Waals surface area contributed by atoms with Crippen molar-refractivity contribution >= 4 is 15.9 Å². The van der Waals surface area contributed by atoms with Crippen LogP contribution in [0.2, 0.25) is 0 Å². The van der Waals surface area contributed by atoms with E-state index in [0.29, 0.717) is 12.2 Å². The molecule has 2 unspecified atom stereocenters. The standard InChI is InChI=1S/C15H12BrFO2/c16-10-3-6-14-12(7-10)13(18)8-15(19-14)9-1-4-11(17)5-2-9/h1-7,13,15,18H,8H2. The van der Waals surface area contributed by atoms with Gasteiger partial charge in [-0.05, 0) is 35.9 Å². The molecule has 0 aliphatic carbocycles. The Morgan fingerprint density at radius 2 is 1.89 bits per heavy atom. The van der Waals surface area contributed by atoms with Gasteiger partial charge in [0.2, 0.25) is 0 Å². The van der Waals surface area contributed by atoms with Crippen LogP contribution >= 0.6 is 15.9 Å². The summed E-state index contributed by atoms with van der Waals surface area (Å²) in [6, 6.07) is 11.8. The fourth-order valence-electron chi connectivity index (χ4n) is 2.30. The van der Waals surface area contributed by atoms with Crippen molar-refractivity contribution in [3.63, 3.8) is 0 Å². The number of aliphatic hydroxyl groups is 1. The first-order valence-electron chi connectivity index (χ1n) is 6.03. The molecule has 0 aromatic heterocycles. The van der Waals surface area contributed by atoms with E-state index < -0.39 is 6.10 Å². The van der Waals surface area contributed by atoms with Crippen LogP contribution in [0.1, 0.15) is 29.8 Å². The van der Waals surface area contributed by atoms with Gasteiger partial charge in [-0.15, -0.1) is 0 Å². The van der Waals surface area contributed by atoms with E-state index in [1.165, 1.54) is 12.1 Å². The lowest BCUT2D eigenvalue weighted by Gasteiger charge is -2.30. The predicted molar refractivity (Wildman–Crippen MR) is 73.5 cm³/mol. The van der Waals surface area contributed by atoms with E-state index in [-0.39, 0.29) is 11.9 Å². The fraction of sp³-hybridized carbons (Fsp3) is 0.200. The molecule has 2 aromatic carbocycles. The summed E-state index contributed by atoms with van der Waals surface area (Å²) in [7, 11) is 0. The Hall–Kier alpha value is -1.39. The van der Waals surface area contributed by atoms with E-state index in [0.717, 1.165) is 15.6 Å². The van der Waals surface area contributed by atoms with Crippen molar-refractivity contribution in [1.29, 1.82) is 0 Å². The second kappa shape index (κ2) is 4.94. The minimum Gasteiger partial charge on any atom is -0.485 e. The Morgan fingerprint density at radius 3 is 2.63 bits per heavy atom. The maximum atomic E-state index is 12.9. The molecule has 2 nitrogen and oxygen atoms in total. The molecule has 3 rings (SSSR count). The summed E-state index contributed by atoms with van der Waals surface area (Å²) in [5, 5.41) is 10.2. The van der Waals surface area contributed by atoms with Crippen molar-refractivity contribution in [2.45, 2.75) is 18.6 Å². The zero-order valence-corrected chi connectivity index (χ0v) is 11.6. The molecule has 0 radical (unpaired) electrons. The lowest BCUT2D eigenvalue weighted by atomic mass is 9.95. The summed E-state index contributed by atoms with van der Waals surface area (Å²) in [5.74, 6) is 0.403. The Kier molecular flexibility index (Phi) is 3.29. The largest absolute Gasteiger partial charge is 0.485 e. The molecule has 0 saturated heterocycles. The van der Waals surface area contributed by atoms with Crippen LogP contribution in [-0.4, -0.2) is 5.11 Å². The summed E-state index contributed by atoms with van der Waals surface area (Å²) in [5.41, 5.74) is 1.65. The van der Waals surface area contributed by atoms with Gasteiger partial charge in [0.15, 0.2) is 0 Å². The monoisotopic (exact) mass is 322 g/mol. The normalized spacial score (nSPS) is 21.6. The molecule has 0 amide bonds. The average Bonchev–Trinajstić information content (AvgIpc) is 2.40. The number of ether oxygens (including phenoxy) is 1. The maximum absolute atomic E-state index is 12.9. The van der Waals surface area contributed by atoms with Crippen molar-refractivity contribution in [2.75, 3.05) is 0 Å². The summed E-state index contributed by atoms with van der Waals surface area (Å²) in [6.07, 6.45) is -0.352. The zero-order valence-electron chi connectivity index (χ0n) is 10.0. The minimum absolute atomic E-state index is 0.246. The second-order valence-electron chi connectivity index (χ2n) is 4.59. The van der Waals surface area contributed by atoms with Crippen LogP contribution in [0, 0.1) is 5.82 Å². The van der Waals surface area contributed by atoms with Crippen LogP contribution in [-0.2, 0) is 0 Å². The zero-order chi connectivity index (χ0) is 13.4. The summed E-state index contributed by atoms with van der Waals surface area (Å²) < 4.78 is 19.7. The Morgan fingerprint density at radius 1 is 1.16 bits per heavy atom. The van der Waals surface area contributed by atoms with Crippen LogP contribution in [0.5, 0.6) is 5.75 Å². The first-order valence-corrected chi connectivity index (χ1v) is 6.82. The van der Waals surface area contributed by atoms with Crippen LogP contribution in [0.15, 0.2) is 46.9 Å². The fourth-order valence-corrected chi connectivity index (χ4v) is 2.68. The molecule has 1 aliphatic rings. The van der Waals surface area contributed by atoms with E-state index >= 15 is 0 Å². The van der Waals surface area contributed by atoms with Crippen molar-refractivity contribution in [2.24, 2.45) is 0 Å². The molecule has 0 spiro atoms. The van der Waals surface area contributed by atoms with Gasteiger partial charge in [0.05, 0.1) is 6.10 Å². The number of benzene rings is 2.